The number of hydrogen-bond donors (Lipinski definition) is 0. The third-order valence-electron chi connectivity index (χ3n) is 17.8. The highest BCUT2D eigenvalue weighted by atomic mass is 16.7. The van der Waals surface area contributed by atoms with E-state index in [0.29, 0.717) is 45.3 Å². The Balaban J connectivity index is 0.000000375. The fourth-order valence-corrected chi connectivity index (χ4v) is 11.1. The van der Waals surface area contributed by atoms with Crippen LogP contribution in [0.2, 0.25) is 0 Å². The number of carbonyl (C=O) groups excluding carboxylic acids is 4. The van der Waals surface area contributed by atoms with Crippen molar-refractivity contribution >= 4 is 29.6 Å². The normalized spacial score (nSPS) is 24.8. The summed E-state index contributed by atoms with van der Waals surface area (Å²) < 4.78 is 11.4. The third kappa shape index (κ3) is 18.8. The van der Waals surface area contributed by atoms with Crippen molar-refractivity contribution in [3.8, 4) is 0 Å². The average Bonchev–Trinajstić information content (AvgIpc) is 3.61. The largest absolute Gasteiger partial charge is 0.465 e. The SMILES string of the molecule is C.C=Cc1ccncc1.CCCCOC(=O)C(CC(C)c1ccccc1)CC(ON1C(C)(CC)CC(=O)C(C)C1(C)CC)c1ccncc1.CCCCOC(=O)C(CC(C)c1ccccc1)ON1C(C)(CC)CC(=O)C(C)C1(C)CC. The van der Waals surface area contributed by atoms with Crippen LogP contribution in [0.3, 0.4) is 0 Å². The second kappa shape index (κ2) is 33.6. The molecule has 81 heavy (non-hydrogen) atoms. The maximum Gasteiger partial charge on any atom is 0.337 e. The molecule has 0 radical (unpaired) electrons. The lowest BCUT2D eigenvalue weighted by atomic mass is 9.70. The summed E-state index contributed by atoms with van der Waals surface area (Å²) in [7, 11) is 0. The molecule has 2 aliphatic heterocycles. The van der Waals surface area contributed by atoms with E-state index < -0.39 is 34.4 Å². The van der Waals surface area contributed by atoms with Crippen LogP contribution in [0, 0.1) is 17.8 Å². The number of esters is 2. The van der Waals surface area contributed by atoms with Gasteiger partial charge in [0.15, 0.2) is 6.10 Å². The highest BCUT2D eigenvalue weighted by Crippen LogP contribution is 2.48. The number of hydrogen-bond acceptors (Lipinski definition) is 12. The molecule has 12 heteroatoms. The van der Waals surface area contributed by atoms with Gasteiger partial charge in [-0.2, -0.15) is 10.1 Å². The fraction of sp³-hybridized carbons (Fsp3) is 0.594. The second-order valence-electron chi connectivity index (χ2n) is 23.5. The first-order chi connectivity index (χ1) is 38.1. The second-order valence-corrected chi connectivity index (χ2v) is 23.5. The van der Waals surface area contributed by atoms with Gasteiger partial charge in [-0.15, -0.1) is 0 Å². The van der Waals surface area contributed by atoms with Crippen molar-refractivity contribution in [2.24, 2.45) is 17.8 Å². The molecular formula is C69H104N4O8. The van der Waals surface area contributed by atoms with Crippen LogP contribution in [0.1, 0.15) is 228 Å². The topological polar surface area (TPSA) is 137 Å². The molecule has 0 bridgehead atoms. The van der Waals surface area contributed by atoms with E-state index in [-0.39, 0.29) is 60.5 Å². The van der Waals surface area contributed by atoms with E-state index in [2.05, 4.69) is 129 Å². The predicted octanol–water partition coefficient (Wildman–Crippen LogP) is 16.3. The van der Waals surface area contributed by atoms with Gasteiger partial charge in [-0.1, -0.05) is 163 Å². The van der Waals surface area contributed by atoms with E-state index in [4.69, 9.17) is 19.1 Å². The summed E-state index contributed by atoms with van der Waals surface area (Å²) in [5, 5.41) is 4.12. The van der Waals surface area contributed by atoms with E-state index in [1.54, 1.807) is 30.9 Å². The van der Waals surface area contributed by atoms with Gasteiger partial charge in [-0.05, 0) is 144 Å². The van der Waals surface area contributed by atoms with Gasteiger partial charge in [0.2, 0.25) is 0 Å². The number of rotatable bonds is 26. The van der Waals surface area contributed by atoms with Crippen molar-refractivity contribution in [3.63, 3.8) is 0 Å². The van der Waals surface area contributed by atoms with Gasteiger partial charge in [-0.3, -0.25) is 34.0 Å². The van der Waals surface area contributed by atoms with Crippen LogP contribution in [-0.4, -0.2) is 85.1 Å². The molecule has 2 fully saturated rings. The number of aromatic nitrogens is 2. The van der Waals surface area contributed by atoms with Crippen LogP contribution in [0.25, 0.3) is 6.08 Å². The molecule has 2 aromatic carbocycles. The molecule has 0 spiro atoms. The number of piperidine rings is 2. The molecule has 0 aliphatic carbocycles. The number of benzene rings is 2. The summed E-state index contributed by atoms with van der Waals surface area (Å²) in [6.07, 6.45) is 16.9. The van der Waals surface area contributed by atoms with Gasteiger partial charge >= 0.3 is 11.9 Å². The Bertz CT molecular complexity index is 2480. The molecule has 0 saturated carbocycles. The molecule has 2 saturated heterocycles. The smallest absolute Gasteiger partial charge is 0.337 e. The van der Waals surface area contributed by atoms with Crippen LogP contribution in [0.15, 0.2) is 116 Å². The zero-order chi connectivity index (χ0) is 59.1. The van der Waals surface area contributed by atoms with E-state index in [9.17, 15) is 19.2 Å². The Hall–Kier alpha value is -5.40. The summed E-state index contributed by atoms with van der Waals surface area (Å²) in [6, 6.07) is 28.3. The minimum Gasteiger partial charge on any atom is -0.465 e. The van der Waals surface area contributed by atoms with Gasteiger partial charge in [-0.25, -0.2) is 4.79 Å². The van der Waals surface area contributed by atoms with Crippen molar-refractivity contribution in [2.45, 2.75) is 234 Å². The summed E-state index contributed by atoms with van der Waals surface area (Å²) in [5.74, 6) is -0.322. The standard InChI is InChI=1S/C34H50N2O4.C27H43NO4.C7H7N.CH4/c1-8-11-21-39-32(38)29(22-25(4)27-15-13-12-14-16-27)23-31(28-17-19-35-20-18-28)40-36-33(6,9-2)24-30(37)26(5)34(36,7)10-3;1-8-11-17-31-25(30)24(18-20(4)22-15-13-12-14-16-22)32-28-26(6,9-2)19-23(29)21(5)27(28,7)10-3;1-2-7-3-5-8-6-4-7;/h12-20,25-26,29,31H,8-11,21-24H2,1-7H3;12-16,20-21,24H,8-11,17-19H2,1-7H3;2-6H,1H2;1H4. The van der Waals surface area contributed by atoms with E-state index in [0.717, 1.165) is 62.5 Å². The van der Waals surface area contributed by atoms with Crippen LogP contribution in [0.4, 0.5) is 0 Å². The third-order valence-corrected chi connectivity index (χ3v) is 17.8. The molecule has 448 valence electrons. The van der Waals surface area contributed by atoms with E-state index in [1.165, 1.54) is 11.1 Å². The van der Waals surface area contributed by atoms with Crippen LogP contribution >= 0.6 is 0 Å². The Morgan fingerprint density at radius 1 is 0.593 bits per heavy atom. The lowest BCUT2D eigenvalue weighted by molar-refractivity contribution is -0.320. The Morgan fingerprint density at radius 3 is 1.42 bits per heavy atom. The summed E-state index contributed by atoms with van der Waals surface area (Å²) in [4.78, 5) is 74.5. The minimum atomic E-state index is -0.723. The highest BCUT2D eigenvalue weighted by molar-refractivity contribution is 5.85. The first-order valence-corrected chi connectivity index (χ1v) is 30.0. The molecule has 4 heterocycles. The molecule has 6 rings (SSSR count). The van der Waals surface area contributed by atoms with Gasteiger partial charge in [0.05, 0.1) is 41.3 Å². The van der Waals surface area contributed by atoms with Crippen LogP contribution < -0.4 is 0 Å². The molecule has 11 unspecified atom stereocenters. The number of unbranched alkanes of at least 4 members (excludes halogenated alkanes) is 2. The Labute approximate surface area is 489 Å². The Morgan fingerprint density at radius 2 is 1.01 bits per heavy atom. The maximum absolute atomic E-state index is 13.6. The molecule has 2 aliphatic rings. The number of ether oxygens (including phenoxy) is 2. The average molecular weight is 1120 g/mol. The number of Topliss-reactive ketones (excluding diaryl/α,β-unsaturated/α-hetero) is 2. The highest BCUT2D eigenvalue weighted by Gasteiger charge is 2.56. The van der Waals surface area contributed by atoms with Gasteiger partial charge in [0, 0.05) is 49.5 Å². The Kier molecular flexibility index (Phi) is 29.0. The monoisotopic (exact) mass is 1120 g/mol. The van der Waals surface area contributed by atoms with Crippen molar-refractivity contribution < 1.29 is 38.3 Å². The summed E-state index contributed by atoms with van der Waals surface area (Å²) in [5.41, 5.74) is 2.57. The van der Waals surface area contributed by atoms with Gasteiger partial charge in [0.25, 0.3) is 0 Å². The van der Waals surface area contributed by atoms with Crippen molar-refractivity contribution in [2.75, 3.05) is 13.2 Å². The number of carbonyl (C=O) groups is 4. The quantitative estimate of drug-likeness (QED) is 0.0437. The number of nitrogens with zero attached hydrogens (tertiary/aromatic N) is 4. The fourth-order valence-electron chi connectivity index (χ4n) is 11.1. The van der Waals surface area contributed by atoms with Gasteiger partial charge < -0.3 is 9.47 Å². The molecule has 12 nitrogen and oxygen atoms in total. The van der Waals surface area contributed by atoms with Crippen molar-refractivity contribution in [1.29, 1.82) is 0 Å². The minimum absolute atomic E-state index is 0. The van der Waals surface area contributed by atoms with Crippen LogP contribution in [0.5, 0.6) is 0 Å². The predicted molar refractivity (Wildman–Crippen MR) is 329 cm³/mol. The first kappa shape index (κ1) is 69.9. The molecule has 0 N–H and O–H groups in total. The summed E-state index contributed by atoms with van der Waals surface area (Å²) in [6.45, 7) is 33.7. The first-order valence-electron chi connectivity index (χ1n) is 30.0. The summed E-state index contributed by atoms with van der Waals surface area (Å²) >= 11 is 0. The van der Waals surface area contributed by atoms with Crippen molar-refractivity contribution in [1.82, 2.24) is 20.1 Å². The molecular weight excluding hydrogens is 1010 g/mol. The number of hydroxylamine groups is 4. The van der Waals surface area contributed by atoms with E-state index in [1.807, 2.05) is 79.6 Å². The van der Waals surface area contributed by atoms with Crippen molar-refractivity contribution in [3.05, 3.63) is 139 Å². The van der Waals surface area contributed by atoms with E-state index >= 15 is 0 Å². The van der Waals surface area contributed by atoms with Crippen LogP contribution in [-0.2, 0) is 38.3 Å². The zero-order valence-electron chi connectivity index (χ0n) is 51.4. The maximum atomic E-state index is 13.6. The molecule has 2 aromatic heterocycles. The number of ketones is 2. The molecule has 0 amide bonds. The number of pyridine rings is 2. The molecule has 11 atom stereocenters. The molecule has 4 aromatic rings. The lowest BCUT2D eigenvalue weighted by Crippen LogP contribution is -2.67. The zero-order valence-corrected chi connectivity index (χ0v) is 51.4. The lowest BCUT2D eigenvalue weighted by Gasteiger charge is -2.56. The van der Waals surface area contributed by atoms with Gasteiger partial charge in [0.1, 0.15) is 17.7 Å².